The topological polar surface area (TPSA) is 78.4 Å². The van der Waals surface area contributed by atoms with Crippen LogP contribution in [0.5, 0.6) is 0 Å². The highest BCUT2D eigenvalue weighted by Gasteiger charge is 2.34. The van der Waals surface area contributed by atoms with Crippen molar-refractivity contribution in [1.82, 2.24) is 10.6 Å². The number of hydrogen-bond donors (Lipinski definition) is 3. The highest BCUT2D eigenvalue weighted by Crippen LogP contribution is 2.32. The summed E-state index contributed by atoms with van der Waals surface area (Å²) in [5, 5.41) is 14.9. The van der Waals surface area contributed by atoms with E-state index in [9.17, 15) is 9.59 Å². The van der Waals surface area contributed by atoms with Crippen LogP contribution < -0.4 is 10.6 Å². The zero-order valence-corrected chi connectivity index (χ0v) is 16.1. The van der Waals surface area contributed by atoms with Crippen LogP contribution in [0.25, 0.3) is 0 Å². The highest BCUT2D eigenvalue weighted by molar-refractivity contribution is 8.00. The highest BCUT2D eigenvalue weighted by atomic mass is 32.2. The summed E-state index contributed by atoms with van der Waals surface area (Å²) in [7, 11) is 0. The molecule has 3 N–H and O–H groups in total. The van der Waals surface area contributed by atoms with E-state index in [1.807, 2.05) is 0 Å². The average Bonchev–Trinajstić information content (AvgIpc) is 3.04. The Kier molecular flexibility index (Phi) is 6.90. The second-order valence-corrected chi connectivity index (χ2v) is 8.34. The van der Waals surface area contributed by atoms with Gasteiger partial charge in [0.15, 0.2) is 0 Å². The molecule has 25 heavy (non-hydrogen) atoms. The van der Waals surface area contributed by atoms with Gasteiger partial charge in [-0.1, -0.05) is 45.0 Å². The van der Waals surface area contributed by atoms with E-state index in [1.165, 1.54) is 18.1 Å². The predicted octanol–water partition coefficient (Wildman–Crippen LogP) is 2.61. The molecule has 1 fully saturated rings. The molecule has 6 heteroatoms. The van der Waals surface area contributed by atoms with Gasteiger partial charge in [-0.15, -0.1) is 11.8 Å². The molecular weight excluding hydrogens is 336 g/mol. The number of carbonyl (C=O) groups excluding carboxylic acids is 1. The molecule has 1 aromatic rings. The molecule has 4 atom stereocenters. The molecule has 1 aliphatic heterocycles. The number of thioether (sulfide) groups is 1. The molecule has 0 aromatic heterocycles. The fourth-order valence-corrected chi connectivity index (χ4v) is 4.27. The first-order chi connectivity index (χ1) is 11.8. The number of hydrogen-bond acceptors (Lipinski definition) is 4. The minimum Gasteiger partial charge on any atom is -0.480 e. The molecule has 5 nitrogen and oxygen atoms in total. The van der Waals surface area contributed by atoms with Crippen LogP contribution >= 0.6 is 11.8 Å². The lowest BCUT2D eigenvalue weighted by molar-refractivity contribution is -0.141. The van der Waals surface area contributed by atoms with E-state index in [1.54, 1.807) is 11.8 Å². The third-order valence-corrected chi connectivity index (χ3v) is 5.89. The number of benzene rings is 1. The summed E-state index contributed by atoms with van der Waals surface area (Å²) >= 11 is 1.71. The third-order valence-electron chi connectivity index (χ3n) is 4.46. The van der Waals surface area contributed by atoms with Gasteiger partial charge in [-0.05, 0) is 30.4 Å². The van der Waals surface area contributed by atoms with E-state index in [2.05, 4.69) is 55.7 Å². The van der Waals surface area contributed by atoms with Crippen LogP contribution in [-0.2, 0) is 16.0 Å². The SMILES string of the molecule is CC(C)Cc1ccc(C(C)C2N[C@H](C(=O)N[C@@H](C)C(=O)O)CS2)cc1. The van der Waals surface area contributed by atoms with Crippen molar-refractivity contribution in [2.45, 2.75) is 57.5 Å². The Morgan fingerprint density at radius 2 is 1.88 bits per heavy atom. The van der Waals surface area contributed by atoms with Crippen molar-refractivity contribution in [2.24, 2.45) is 5.92 Å². The Hall–Kier alpha value is -1.53. The number of nitrogens with one attached hydrogen (secondary N) is 2. The summed E-state index contributed by atoms with van der Waals surface area (Å²) in [4.78, 5) is 23.0. The molecule has 1 saturated heterocycles. The first-order valence-corrected chi connectivity index (χ1v) is 9.82. The number of rotatable bonds is 7. The van der Waals surface area contributed by atoms with Crippen molar-refractivity contribution in [3.05, 3.63) is 35.4 Å². The standard InChI is InChI=1S/C19H28N2O3S/c1-11(2)9-14-5-7-15(8-6-14)12(3)18-21-16(10-25-18)17(22)20-13(4)19(23)24/h5-8,11-13,16,18,21H,9-10H2,1-4H3,(H,20,22)(H,23,24)/t12?,13-,16-,18?/m0/s1. The number of carboxylic acid groups (broad SMARTS) is 1. The van der Waals surface area contributed by atoms with Crippen molar-refractivity contribution < 1.29 is 14.7 Å². The van der Waals surface area contributed by atoms with E-state index in [-0.39, 0.29) is 23.2 Å². The van der Waals surface area contributed by atoms with Crippen LogP contribution in [0.4, 0.5) is 0 Å². The second-order valence-electron chi connectivity index (χ2n) is 7.17. The number of amides is 1. The molecule has 1 heterocycles. The molecule has 2 unspecified atom stereocenters. The van der Waals surface area contributed by atoms with Gasteiger partial charge >= 0.3 is 5.97 Å². The maximum Gasteiger partial charge on any atom is 0.325 e. The quantitative estimate of drug-likeness (QED) is 0.693. The maximum atomic E-state index is 12.2. The minimum absolute atomic E-state index is 0.145. The van der Waals surface area contributed by atoms with Crippen LogP contribution in [0.1, 0.15) is 44.7 Å². The van der Waals surface area contributed by atoms with Gasteiger partial charge in [0.25, 0.3) is 0 Å². The van der Waals surface area contributed by atoms with E-state index < -0.39 is 12.0 Å². The number of carboxylic acids is 1. The Bertz CT molecular complexity index is 603. The average molecular weight is 365 g/mol. The molecule has 138 valence electrons. The zero-order chi connectivity index (χ0) is 18.6. The van der Waals surface area contributed by atoms with E-state index in [0.29, 0.717) is 11.7 Å². The molecule has 1 aliphatic rings. The molecule has 1 aromatic carbocycles. The lowest BCUT2D eigenvalue weighted by Gasteiger charge is -2.21. The minimum atomic E-state index is -1.02. The lowest BCUT2D eigenvalue weighted by atomic mass is 9.96. The van der Waals surface area contributed by atoms with Gasteiger partial charge in [0, 0.05) is 11.7 Å². The Labute approximate surface area is 154 Å². The molecule has 1 amide bonds. The normalized spacial score (nSPS) is 22.6. The van der Waals surface area contributed by atoms with Gasteiger partial charge in [-0.3, -0.25) is 14.9 Å². The Morgan fingerprint density at radius 3 is 2.44 bits per heavy atom. The van der Waals surface area contributed by atoms with E-state index in [4.69, 9.17) is 5.11 Å². The van der Waals surface area contributed by atoms with Crippen LogP contribution in [0.2, 0.25) is 0 Å². The molecule has 0 radical (unpaired) electrons. The van der Waals surface area contributed by atoms with Gasteiger partial charge < -0.3 is 10.4 Å². The Balaban J connectivity index is 1.92. The van der Waals surface area contributed by atoms with Crippen molar-refractivity contribution in [3.8, 4) is 0 Å². The van der Waals surface area contributed by atoms with Crippen molar-refractivity contribution >= 4 is 23.6 Å². The molecule has 0 spiro atoms. The van der Waals surface area contributed by atoms with Gasteiger partial charge in [0.1, 0.15) is 6.04 Å². The first kappa shape index (κ1) is 19.8. The van der Waals surface area contributed by atoms with E-state index >= 15 is 0 Å². The zero-order valence-electron chi connectivity index (χ0n) is 15.3. The summed E-state index contributed by atoms with van der Waals surface area (Å²) in [6.45, 7) is 8.06. The summed E-state index contributed by atoms with van der Waals surface area (Å²) in [6, 6.07) is 7.49. The van der Waals surface area contributed by atoms with Gasteiger partial charge in [-0.2, -0.15) is 0 Å². The van der Waals surface area contributed by atoms with Crippen molar-refractivity contribution in [2.75, 3.05) is 5.75 Å². The largest absolute Gasteiger partial charge is 0.480 e. The predicted molar refractivity (Wildman–Crippen MR) is 102 cm³/mol. The molecule has 2 rings (SSSR count). The van der Waals surface area contributed by atoms with Crippen molar-refractivity contribution in [1.29, 1.82) is 0 Å². The van der Waals surface area contributed by atoms with Gasteiger partial charge in [-0.25, -0.2) is 0 Å². The van der Waals surface area contributed by atoms with Crippen LogP contribution in [-0.4, -0.2) is 40.2 Å². The summed E-state index contributed by atoms with van der Waals surface area (Å²) < 4.78 is 0. The first-order valence-electron chi connectivity index (χ1n) is 8.77. The van der Waals surface area contributed by atoms with E-state index in [0.717, 1.165) is 6.42 Å². The fourth-order valence-electron chi connectivity index (χ4n) is 2.91. The molecular formula is C19H28N2O3S. The monoisotopic (exact) mass is 364 g/mol. The Morgan fingerprint density at radius 1 is 1.24 bits per heavy atom. The van der Waals surface area contributed by atoms with Crippen LogP contribution in [0.3, 0.4) is 0 Å². The summed E-state index contributed by atoms with van der Waals surface area (Å²) in [6.07, 6.45) is 1.08. The molecule has 0 bridgehead atoms. The van der Waals surface area contributed by atoms with Gasteiger partial charge in [0.05, 0.1) is 11.4 Å². The fraction of sp³-hybridized carbons (Fsp3) is 0.579. The maximum absolute atomic E-state index is 12.2. The third kappa shape index (κ3) is 5.47. The van der Waals surface area contributed by atoms with Crippen LogP contribution in [0.15, 0.2) is 24.3 Å². The van der Waals surface area contributed by atoms with Crippen LogP contribution in [0, 0.1) is 5.92 Å². The second kappa shape index (κ2) is 8.72. The number of carbonyl (C=O) groups is 2. The summed E-state index contributed by atoms with van der Waals surface area (Å²) in [5.74, 6) is 0.295. The van der Waals surface area contributed by atoms with Crippen molar-refractivity contribution in [3.63, 3.8) is 0 Å². The lowest BCUT2D eigenvalue weighted by Crippen LogP contribution is -2.49. The number of aliphatic carboxylic acids is 1. The van der Waals surface area contributed by atoms with Gasteiger partial charge in [0.2, 0.25) is 5.91 Å². The smallest absolute Gasteiger partial charge is 0.325 e. The summed E-state index contributed by atoms with van der Waals surface area (Å²) in [5.41, 5.74) is 2.59. The molecule has 0 saturated carbocycles. The molecule has 0 aliphatic carbocycles.